The molecule has 0 fully saturated rings. The van der Waals surface area contributed by atoms with E-state index in [9.17, 15) is 4.79 Å². The molecule has 0 atom stereocenters. The van der Waals surface area contributed by atoms with Crippen LogP contribution in [0, 0.1) is 3.57 Å². The topological polar surface area (TPSA) is 42.0 Å². The molecule has 0 spiro atoms. The summed E-state index contributed by atoms with van der Waals surface area (Å²) in [5.41, 5.74) is 3.09. The molecule has 112 valence electrons. The standard InChI is InChI=1S/C16H13IN2OS2/c1-10(20)18-13-6-7-14-15(8-13)22-16(19-14)21-9-11-2-4-12(17)5-3-11/h2-8H,9H2,1H3,(H,18,20). The number of halogens is 1. The first-order chi connectivity index (χ1) is 10.6. The molecule has 0 unspecified atom stereocenters. The summed E-state index contributed by atoms with van der Waals surface area (Å²) in [5.74, 6) is 0.854. The summed E-state index contributed by atoms with van der Waals surface area (Å²) in [6.07, 6.45) is 0. The van der Waals surface area contributed by atoms with Gasteiger partial charge in [0.15, 0.2) is 4.34 Å². The van der Waals surface area contributed by atoms with Gasteiger partial charge < -0.3 is 5.32 Å². The predicted octanol–water partition coefficient (Wildman–Crippen LogP) is 5.15. The van der Waals surface area contributed by atoms with Crippen LogP contribution >= 0.6 is 45.7 Å². The number of hydrogen-bond donors (Lipinski definition) is 1. The number of thiazole rings is 1. The highest BCUT2D eigenvalue weighted by atomic mass is 127. The summed E-state index contributed by atoms with van der Waals surface area (Å²) in [6.45, 7) is 1.51. The minimum atomic E-state index is -0.0582. The SMILES string of the molecule is CC(=O)Nc1ccc2nc(SCc3ccc(I)cc3)sc2c1. The van der Waals surface area contributed by atoms with Crippen LogP contribution in [0.25, 0.3) is 10.2 Å². The van der Waals surface area contributed by atoms with E-state index < -0.39 is 0 Å². The van der Waals surface area contributed by atoms with Gasteiger partial charge in [0.1, 0.15) is 0 Å². The predicted molar refractivity (Wildman–Crippen MR) is 103 cm³/mol. The van der Waals surface area contributed by atoms with Crippen LogP contribution in [0.3, 0.4) is 0 Å². The number of anilines is 1. The van der Waals surface area contributed by atoms with Gasteiger partial charge >= 0.3 is 0 Å². The molecule has 0 bridgehead atoms. The molecule has 6 heteroatoms. The van der Waals surface area contributed by atoms with Crippen molar-refractivity contribution in [1.29, 1.82) is 0 Å². The van der Waals surface area contributed by atoms with Gasteiger partial charge in [-0.15, -0.1) is 11.3 Å². The maximum absolute atomic E-state index is 11.1. The first-order valence-electron chi connectivity index (χ1n) is 6.65. The summed E-state index contributed by atoms with van der Waals surface area (Å²) in [5, 5.41) is 2.80. The molecule has 3 rings (SSSR count). The largest absolute Gasteiger partial charge is 0.326 e. The maximum Gasteiger partial charge on any atom is 0.221 e. The minimum absolute atomic E-state index is 0.0582. The highest BCUT2D eigenvalue weighted by Crippen LogP contribution is 2.33. The molecule has 3 aromatic rings. The molecule has 0 aliphatic carbocycles. The summed E-state index contributed by atoms with van der Waals surface area (Å²) in [7, 11) is 0. The van der Waals surface area contributed by atoms with Crippen LogP contribution in [0.4, 0.5) is 5.69 Å². The van der Waals surface area contributed by atoms with Crippen molar-refractivity contribution in [3.8, 4) is 0 Å². The smallest absolute Gasteiger partial charge is 0.221 e. The third-order valence-corrected chi connectivity index (χ3v) is 5.92. The molecule has 0 saturated carbocycles. The van der Waals surface area contributed by atoms with Crippen molar-refractivity contribution >= 4 is 67.5 Å². The van der Waals surface area contributed by atoms with E-state index in [2.05, 4.69) is 57.2 Å². The maximum atomic E-state index is 11.1. The van der Waals surface area contributed by atoms with Crippen LogP contribution in [-0.4, -0.2) is 10.9 Å². The van der Waals surface area contributed by atoms with Crippen molar-refractivity contribution in [2.45, 2.75) is 17.0 Å². The van der Waals surface area contributed by atoms with Gasteiger partial charge in [-0.05, 0) is 58.5 Å². The van der Waals surface area contributed by atoms with E-state index in [1.165, 1.54) is 16.1 Å². The lowest BCUT2D eigenvalue weighted by Gasteiger charge is -1.99. The van der Waals surface area contributed by atoms with Crippen molar-refractivity contribution in [2.24, 2.45) is 0 Å². The number of hydrogen-bond acceptors (Lipinski definition) is 4. The van der Waals surface area contributed by atoms with Gasteiger partial charge in [-0.2, -0.15) is 0 Å². The number of nitrogens with one attached hydrogen (secondary N) is 1. The minimum Gasteiger partial charge on any atom is -0.326 e. The third-order valence-electron chi connectivity index (χ3n) is 2.96. The van der Waals surface area contributed by atoms with Crippen molar-refractivity contribution in [1.82, 2.24) is 4.98 Å². The fourth-order valence-electron chi connectivity index (χ4n) is 1.97. The molecule has 0 aliphatic heterocycles. The van der Waals surface area contributed by atoms with Gasteiger partial charge in [0.05, 0.1) is 10.2 Å². The van der Waals surface area contributed by atoms with Crippen LogP contribution in [0.5, 0.6) is 0 Å². The van der Waals surface area contributed by atoms with E-state index in [0.717, 1.165) is 26.0 Å². The van der Waals surface area contributed by atoms with Crippen LogP contribution in [0.2, 0.25) is 0 Å². The van der Waals surface area contributed by atoms with Gasteiger partial charge in [0.25, 0.3) is 0 Å². The van der Waals surface area contributed by atoms with Gasteiger partial charge in [-0.25, -0.2) is 4.98 Å². The Hall–Kier alpha value is -1.12. The third kappa shape index (κ3) is 3.99. The molecule has 22 heavy (non-hydrogen) atoms. The fourth-order valence-corrected chi connectivity index (χ4v) is 4.40. The van der Waals surface area contributed by atoms with Crippen molar-refractivity contribution in [3.63, 3.8) is 0 Å². The fraction of sp³-hybridized carbons (Fsp3) is 0.125. The number of rotatable bonds is 4. The first-order valence-corrected chi connectivity index (χ1v) is 9.54. The zero-order chi connectivity index (χ0) is 15.5. The lowest BCUT2D eigenvalue weighted by molar-refractivity contribution is -0.114. The van der Waals surface area contributed by atoms with Gasteiger partial charge in [0.2, 0.25) is 5.91 Å². The molecule has 0 radical (unpaired) electrons. The molecule has 2 aromatic carbocycles. The Labute approximate surface area is 150 Å². The van der Waals surface area contributed by atoms with Crippen molar-refractivity contribution in [2.75, 3.05) is 5.32 Å². The highest BCUT2D eigenvalue weighted by molar-refractivity contribution is 14.1. The molecular formula is C16H13IN2OS2. The quantitative estimate of drug-likeness (QED) is 0.451. The second kappa shape index (κ2) is 6.97. The van der Waals surface area contributed by atoms with E-state index in [4.69, 9.17) is 0 Å². The second-order valence-electron chi connectivity index (χ2n) is 4.76. The van der Waals surface area contributed by atoms with E-state index in [0.29, 0.717) is 0 Å². The van der Waals surface area contributed by atoms with Gasteiger partial charge in [-0.3, -0.25) is 4.79 Å². The Kier molecular flexibility index (Phi) is 5.00. The Morgan fingerprint density at radius 3 is 2.77 bits per heavy atom. The second-order valence-corrected chi connectivity index (χ2v) is 8.26. The number of thioether (sulfide) groups is 1. The van der Waals surface area contributed by atoms with Gasteiger partial charge in [-0.1, -0.05) is 23.9 Å². The normalized spacial score (nSPS) is 10.8. The Balaban J connectivity index is 1.74. The van der Waals surface area contributed by atoms with E-state index in [-0.39, 0.29) is 5.91 Å². The van der Waals surface area contributed by atoms with Gasteiger partial charge in [0, 0.05) is 21.9 Å². The van der Waals surface area contributed by atoms with Crippen LogP contribution in [0.1, 0.15) is 12.5 Å². The zero-order valence-corrected chi connectivity index (χ0v) is 15.6. The Bertz CT molecular complexity index is 815. The Morgan fingerprint density at radius 2 is 2.05 bits per heavy atom. The zero-order valence-electron chi connectivity index (χ0n) is 11.8. The molecule has 1 amide bonds. The van der Waals surface area contributed by atoms with Crippen LogP contribution in [0.15, 0.2) is 46.8 Å². The lowest BCUT2D eigenvalue weighted by atomic mass is 10.2. The number of carbonyl (C=O) groups excluding carboxylic acids is 1. The van der Waals surface area contributed by atoms with E-state index in [1.54, 1.807) is 23.1 Å². The number of fused-ring (bicyclic) bond motifs is 1. The van der Waals surface area contributed by atoms with Crippen LogP contribution < -0.4 is 5.32 Å². The number of amides is 1. The monoisotopic (exact) mass is 440 g/mol. The average molecular weight is 440 g/mol. The van der Waals surface area contributed by atoms with Crippen molar-refractivity contribution < 1.29 is 4.79 Å². The summed E-state index contributed by atoms with van der Waals surface area (Å²) < 4.78 is 3.39. The molecule has 0 aliphatic rings. The average Bonchev–Trinajstić information content (AvgIpc) is 2.88. The molecule has 0 saturated heterocycles. The Morgan fingerprint density at radius 1 is 1.27 bits per heavy atom. The van der Waals surface area contributed by atoms with Crippen molar-refractivity contribution in [3.05, 3.63) is 51.6 Å². The van der Waals surface area contributed by atoms with E-state index >= 15 is 0 Å². The number of aromatic nitrogens is 1. The number of benzene rings is 2. The summed E-state index contributed by atoms with van der Waals surface area (Å²) in [6, 6.07) is 14.4. The molecular weight excluding hydrogens is 427 g/mol. The number of carbonyl (C=O) groups is 1. The van der Waals surface area contributed by atoms with Crippen LogP contribution in [-0.2, 0) is 10.5 Å². The molecule has 1 aromatic heterocycles. The summed E-state index contributed by atoms with van der Waals surface area (Å²) in [4.78, 5) is 15.7. The first kappa shape index (κ1) is 15.8. The molecule has 3 nitrogen and oxygen atoms in total. The summed E-state index contributed by atoms with van der Waals surface area (Å²) >= 11 is 5.71. The van der Waals surface area contributed by atoms with E-state index in [1.807, 2.05) is 18.2 Å². The molecule has 1 N–H and O–H groups in total. The highest BCUT2D eigenvalue weighted by Gasteiger charge is 2.06. The number of nitrogens with zero attached hydrogens (tertiary/aromatic N) is 1. The molecule has 1 heterocycles. The lowest BCUT2D eigenvalue weighted by Crippen LogP contribution is -2.05.